The van der Waals surface area contributed by atoms with Crippen LogP contribution in [0.2, 0.25) is 0 Å². The van der Waals surface area contributed by atoms with Gasteiger partial charge in [-0.25, -0.2) is 8.78 Å². The van der Waals surface area contributed by atoms with E-state index >= 15 is 0 Å². The normalized spacial score (nSPS) is 16.4. The Hall–Kier alpha value is -2.74. The van der Waals surface area contributed by atoms with Gasteiger partial charge >= 0.3 is 0 Å². The molecule has 2 aromatic rings. The van der Waals surface area contributed by atoms with E-state index in [2.05, 4.69) is 26.6 Å². The number of carbonyl (C=O) groups is 2. The standard InChI is InChI=1S/C19H15BrF2N2O3/c1-27-17-8-16(14(20)7-15(17)22)24-19(26)13-9-23-18(25)6-12(13)10-2-4-11(21)5-3-10/h2-5,7-9,12H,6H2,1H3,(H,23,25)(H,24,26)/t12-/m0/s1. The molecular weight excluding hydrogens is 422 g/mol. The Kier molecular flexibility index (Phi) is 5.55. The van der Waals surface area contributed by atoms with Gasteiger partial charge in [-0.15, -0.1) is 0 Å². The van der Waals surface area contributed by atoms with Crippen LogP contribution in [0.15, 0.2) is 52.6 Å². The maximum Gasteiger partial charge on any atom is 0.253 e. The summed E-state index contributed by atoms with van der Waals surface area (Å²) in [5.74, 6) is -2.24. The van der Waals surface area contributed by atoms with Crippen molar-refractivity contribution in [3.05, 3.63) is 69.8 Å². The maximum atomic E-state index is 13.7. The van der Waals surface area contributed by atoms with E-state index in [-0.39, 0.29) is 18.1 Å². The summed E-state index contributed by atoms with van der Waals surface area (Å²) in [6, 6.07) is 8.17. The third-order valence-electron chi connectivity index (χ3n) is 4.18. The molecule has 27 heavy (non-hydrogen) atoms. The van der Waals surface area contributed by atoms with Crippen molar-refractivity contribution in [2.45, 2.75) is 12.3 Å². The summed E-state index contributed by atoms with van der Waals surface area (Å²) >= 11 is 3.20. The Morgan fingerprint density at radius 1 is 1.26 bits per heavy atom. The summed E-state index contributed by atoms with van der Waals surface area (Å²) < 4.78 is 32.2. The van der Waals surface area contributed by atoms with Gasteiger partial charge < -0.3 is 15.4 Å². The lowest BCUT2D eigenvalue weighted by molar-refractivity contribution is -0.121. The molecule has 0 fully saturated rings. The second kappa shape index (κ2) is 7.87. The highest BCUT2D eigenvalue weighted by atomic mass is 79.9. The minimum absolute atomic E-state index is 0.0190. The number of anilines is 1. The fraction of sp³-hybridized carbons (Fsp3) is 0.158. The molecule has 0 spiro atoms. The Morgan fingerprint density at radius 2 is 1.96 bits per heavy atom. The van der Waals surface area contributed by atoms with E-state index in [4.69, 9.17) is 4.74 Å². The second-order valence-electron chi connectivity index (χ2n) is 5.90. The maximum absolute atomic E-state index is 13.7. The van der Waals surface area contributed by atoms with Gasteiger partial charge in [0.05, 0.1) is 12.8 Å². The summed E-state index contributed by atoms with van der Waals surface area (Å²) in [6.07, 6.45) is 1.39. The van der Waals surface area contributed by atoms with Crippen LogP contribution in [0.25, 0.3) is 0 Å². The molecule has 2 aromatic carbocycles. The van der Waals surface area contributed by atoms with E-state index in [0.717, 1.165) is 0 Å². The third-order valence-corrected chi connectivity index (χ3v) is 4.83. The molecule has 1 aliphatic rings. The van der Waals surface area contributed by atoms with Crippen molar-refractivity contribution in [3.63, 3.8) is 0 Å². The van der Waals surface area contributed by atoms with E-state index < -0.39 is 23.5 Å². The Labute approximate surface area is 162 Å². The van der Waals surface area contributed by atoms with E-state index in [1.54, 1.807) is 0 Å². The molecule has 0 radical (unpaired) electrons. The second-order valence-corrected chi connectivity index (χ2v) is 6.75. The molecule has 0 saturated carbocycles. The zero-order valence-corrected chi connectivity index (χ0v) is 15.8. The van der Waals surface area contributed by atoms with Crippen molar-refractivity contribution < 1.29 is 23.1 Å². The molecular formula is C19H15BrF2N2O3. The summed E-state index contributed by atoms with van der Waals surface area (Å²) in [6.45, 7) is 0. The highest BCUT2D eigenvalue weighted by Gasteiger charge is 2.29. The fourth-order valence-corrected chi connectivity index (χ4v) is 3.22. The van der Waals surface area contributed by atoms with Gasteiger partial charge in [-0.3, -0.25) is 9.59 Å². The lowest BCUT2D eigenvalue weighted by Gasteiger charge is -2.24. The van der Waals surface area contributed by atoms with E-state index in [0.29, 0.717) is 21.3 Å². The molecule has 5 nitrogen and oxygen atoms in total. The first-order valence-corrected chi connectivity index (χ1v) is 8.77. The zero-order chi connectivity index (χ0) is 19.6. The monoisotopic (exact) mass is 436 g/mol. The number of rotatable bonds is 4. The Morgan fingerprint density at radius 3 is 2.63 bits per heavy atom. The quantitative estimate of drug-likeness (QED) is 0.764. The highest BCUT2D eigenvalue weighted by molar-refractivity contribution is 9.10. The van der Waals surface area contributed by atoms with Gasteiger partial charge in [-0.1, -0.05) is 12.1 Å². The van der Waals surface area contributed by atoms with Crippen LogP contribution in [-0.4, -0.2) is 18.9 Å². The number of carbonyl (C=O) groups excluding carboxylic acids is 2. The van der Waals surface area contributed by atoms with Crippen molar-refractivity contribution in [2.24, 2.45) is 0 Å². The van der Waals surface area contributed by atoms with E-state index in [9.17, 15) is 18.4 Å². The van der Waals surface area contributed by atoms with Crippen molar-refractivity contribution in [3.8, 4) is 5.75 Å². The summed E-state index contributed by atoms with van der Waals surface area (Å²) in [7, 11) is 1.32. The number of methoxy groups -OCH3 is 1. The van der Waals surface area contributed by atoms with E-state index in [1.807, 2.05) is 0 Å². The number of halogens is 3. The first-order chi connectivity index (χ1) is 12.9. The molecule has 0 bridgehead atoms. The minimum atomic E-state index is -0.573. The molecule has 3 rings (SSSR count). The van der Waals surface area contributed by atoms with Crippen LogP contribution < -0.4 is 15.4 Å². The number of hydrogen-bond acceptors (Lipinski definition) is 3. The lowest BCUT2D eigenvalue weighted by Crippen LogP contribution is -2.32. The van der Waals surface area contributed by atoms with Crippen LogP contribution >= 0.6 is 15.9 Å². The number of amides is 2. The SMILES string of the molecule is COc1cc(NC(=O)C2=CNC(=O)C[C@H]2c2ccc(F)cc2)c(Br)cc1F. The molecule has 1 atom stereocenters. The van der Waals surface area contributed by atoms with Crippen LogP contribution in [0, 0.1) is 11.6 Å². The van der Waals surface area contributed by atoms with Gasteiger partial charge in [0, 0.05) is 34.7 Å². The molecule has 2 N–H and O–H groups in total. The predicted molar refractivity (Wildman–Crippen MR) is 99.3 cm³/mol. The molecule has 0 aliphatic carbocycles. The van der Waals surface area contributed by atoms with Gasteiger partial charge in [0.15, 0.2) is 11.6 Å². The average Bonchev–Trinajstić information content (AvgIpc) is 2.64. The topological polar surface area (TPSA) is 67.4 Å². The van der Waals surface area contributed by atoms with Crippen LogP contribution in [0.1, 0.15) is 17.9 Å². The number of ether oxygens (including phenoxy) is 1. The lowest BCUT2D eigenvalue weighted by atomic mass is 9.86. The van der Waals surface area contributed by atoms with Crippen molar-refractivity contribution in [2.75, 3.05) is 12.4 Å². The van der Waals surface area contributed by atoms with Gasteiger partial charge in [-0.2, -0.15) is 0 Å². The number of hydrogen-bond donors (Lipinski definition) is 2. The van der Waals surface area contributed by atoms with Crippen molar-refractivity contribution in [1.29, 1.82) is 0 Å². The molecule has 1 heterocycles. The van der Waals surface area contributed by atoms with Gasteiger partial charge in [0.2, 0.25) is 5.91 Å². The molecule has 0 saturated heterocycles. The first kappa shape index (κ1) is 19.0. The Balaban J connectivity index is 1.90. The summed E-state index contributed by atoms with van der Waals surface area (Å²) in [5.41, 5.74) is 1.26. The largest absolute Gasteiger partial charge is 0.494 e. The fourth-order valence-electron chi connectivity index (χ4n) is 2.81. The molecule has 8 heteroatoms. The van der Waals surface area contributed by atoms with E-state index in [1.165, 1.54) is 49.7 Å². The molecule has 140 valence electrons. The van der Waals surface area contributed by atoms with Crippen LogP contribution in [0.4, 0.5) is 14.5 Å². The van der Waals surface area contributed by atoms with Crippen LogP contribution in [-0.2, 0) is 9.59 Å². The zero-order valence-electron chi connectivity index (χ0n) is 14.2. The molecule has 2 amide bonds. The smallest absolute Gasteiger partial charge is 0.253 e. The van der Waals surface area contributed by atoms with Gasteiger partial charge in [0.25, 0.3) is 5.91 Å². The molecule has 0 unspecified atom stereocenters. The number of benzene rings is 2. The third kappa shape index (κ3) is 4.16. The molecule has 1 aliphatic heterocycles. The summed E-state index contributed by atoms with van der Waals surface area (Å²) in [4.78, 5) is 24.6. The average molecular weight is 437 g/mol. The van der Waals surface area contributed by atoms with Gasteiger partial charge in [0.1, 0.15) is 5.82 Å². The highest BCUT2D eigenvalue weighted by Crippen LogP contribution is 2.34. The number of nitrogens with one attached hydrogen (secondary N) is 2. The van der Waals surface area contributed by atoms with Gasteiger partial charge in [-0.05, 0) is 39.7 Å². The van der Waals surface area contributed by atoms with Crippen molar-refractivity contribution in [1.82, 2.24) is 5.32 Å². The molecule has 0 aromatic heterocycles. The van der Waals surface area contributed by atoms with Crippen molar-refractivity contribution >= 4 is 33.4 Å². The minimum Gasteiger partial charge on any atom is -0.494 e. The first-order valence-electron chi connectivity index (χ1n) is 7.98. The summed E-state index contributed by atoms with van der Waals surface area (Å²) in [5, 5.41) is 5.21. The van der Waals surface area contributed by atoms with Crippen LogP contribution in [0.5, 0.6) is 5.75 Å². The Bertz CT molecular complexity index is 929. The predicted octanol–water partition coefficient (Wildman–Crippen LogP) is 3.86. The van der Waals surface area contributed by atoms with Crippen LogP contribution in [0.3, 0.4) is 0 Å².